The molecule has 3 aliphatic rings. The summed E-state index contributed by atoms with van der Waals surface area (Å²) in [5.41, 5.74) is 2.76. The Labute approximate surface area is 309 Å². The van der Waals surface area contributed by atoms with Crippen LogP contribution in [0.5, 0.6) is 0 Å². The highest BCUT2D eigenvalue weighted by molar-refractivity contribution is 6.05. The highest BCUT2D eigenvalue weighted by atomic mass is 16.5. The Morgan fingerprint density at radius 1 is 0.981 bits per heavy atom. The molecule has 3 N–H and O–H groups in total. The maximum Gasteiger partial charge on any atom is 0.258 e. The summed E-state index contributed by atoms with van der Waals surface area (Å²) in [4.78, 5) is 62.8. The fraction of sp³-hybridized carbons (Fsp3) is 0.395. The first kappa shape index (κ1) is 35.0. The van der Waals surface area contributed by atoms with E-state index in [0.717, 1.165) is 69.3 Å². The Morgan fingerprint density at radius 2 is 1.80 bits per heavy atom. The molecule has 6 heterocycles. The minimum Gasteiger partial charge on any atom is -0.354 e. The van der Waals surface area contributed by atoms with Crippen LogP contribution in [0.3, 0.4) is 0 Å². The molecular weight excluding hydrogens is 690 g/mol. The van der Waals surface area contributed by atoms with Gasteiger partial charge in [0.25, 0.3) is 5.91 Å². The second-order valence-electron chi connectivity index (χ2n) is 14.3. The van der Waals surface area contributed by atoms with Crippen molar-refractivity contribution in [2.75, 3.05) is 49.9 Å². The number of anilines is 2. The van der Waals surface area contributed by atoms with Gasteiger partial charge in [0.15, 0.2) is 5.58 Å². The van der Waals surface area contributed by atoms with Gasteiger partial charge in [0, 0.05) is 68.5 Å². The summed E-state index contributed by atoms with van der Waals surface area (Å²) < 4.78 is 7.63. The molecule has 3 fully saturated rings. The number of amides is 4. The van der Waals surface area contributed by atoms with Crippen molar-refractivity contribution in [2.45, 2.75) is 50.5 Å². The minimum absolute atomic E-state index is 0.142. The van der Waals surface area contributed by atoms with Gasteiger partial charge in [-0.1, -0.05) is 11.2 Å². The molecular formula is C38H39N11O5. The summed E-state index contributed by atoms with van der Waals surface area (Å²) in [5.74, 6) is -0.764. The number of fused-ring (bicyclic) bond motifs is 2. The number of piperazine rings is 1. The van der Waals surface area contributed by atoms with E-state index in [4.69, 9.17) is 14.9 Å². The molecule has 0 spiro atoms. The number of benzene rings is 1. The van der Waals surface area contributed by atoms with Crippen molar-refractivity contribution >= 4 is 57.0 Å². The smallest absolute Gasteiger partial charge is 0.258 e. The minimum atomic E-state index is -0.574. The monoisotopic (exact) mass is 729 g/mol. The number of piperidine rings is 1. The summed E-state index contributed by atoms with van der Waals surface area (Å²) in [6.45, 7) is 4.70. The fourth-order valence-corrected chi connectivity index (χ4v) is 7.78. The Bertz CT molecular complexity index is 2280. The SMILES string of the molecule is N#Cc1cncc(C(=O)Nc2cc3cn(C4CCC(CN5CCN(CC(=O)Nc6cccc7c(C8CCC(=O)NC8=O)noc67)CC5)CC4)nc3cn2)c1. The van der Waals surface area contributed by atoms with Crippen LogP contribution in [-0.4, -0.2) is 97.6 Å². The number of hydrogen-bond acceptors (Lipinski definition) is 12. The van der Waals surface area contributed by atoms with Crippen LogP contribution in [0.4, 0.5) is 11.5 Å². The lowest BCUT2D eigenvalue weighted by atomic mass is 9.85. The maximum absolute atomic E-state index is 13.1. The molecule has 1 atom stereocenters. The Morgan fingerprint density at radius 3 is 2.59 bits per heavy atom. The van der Waals surface area contributed by atoms with Gasteiger partial charge in [-0.3, -0.25) is 39.1 Å². The fourth-order valence-electron chi connectivity index (χ4n) is 7.78. The van der Waals surface area contributed by atoms with E-state index < -0.39 is 5.92 Å². The Kier molecular flexibility index (Phi) is 9.81. The average molecular weight is 730 g/mol. The van der Waals surface area contributed by atoms with Gasteiger partial charge in [0.1, 0.15) is 23.1 Å². The van der Waals surface area contributed by atoms with E-state index in [2.05, 4.69) is 40.9 Å². The number of hydrogen-bond donors (Lipinski definition) is 3. The van der Waals surface area contributed by atoms with Gasteiger partial charge in [-0.25, -0.2) is 4.98 Å². The molecule has 276 valence electrons. The lowest BCUT2D eigenvalue weighted by Gasteiger charge is -2.38. The lowest BCUT2D eigenvalue weighted by molar-refractivity contribution is -0.134. The van der Waals surface area contributed by atoms with Gasteiger partial charge in [-0.2, -0.15) is 10.4 Å². The molecule has 8 rings (SSSR count). The normalized spacial score (nSPS) is 21.1. The third-order valence-corrected chi connectivity index (χ3v) is 10.7. The second-order valence-corrected chi connectivity index (χ2v) is 14.3. The van der Waals surface area contributed by atoms with Crippen molar-refractivity contribution in [3.8, 4) is 6.07 Å². The van der Waals surface area contributed by atoms with Crippen LogP contribution in [0, 0.1) is 17.2 Å². The van der Waals surface area contributed by atoms with Crippen molar-refractivity contribution in [2.24, 2.45) is 5.92 Å². The predicted octanol–water partition coefficient (Wildman–Crippen LogP) is 3.60. The van der Waals surface area contributed by atoms with Crippen LogP contribution < -0.4 is 16.0 Å². The molecule has 4 amide bonds. The van der Waals surface area contributed by atoms with Gasteiger partial charge in [0.05, 0.1) is 41.5 Å². The number of aromatic nitrogens is 5. The van der Waals surface area contributed by atoms with Crippen molar-refractivity contribution < 1.29 is 23.7 Å². The van der Waals surface area contributed by atoms with Crippen LogP contribution in [0.2, 0.25) is 0 Å². The number of carbonyl (C=O) groups is 4. The number of nitrogens with one attached hydrogen (secondary N) is 3. The molecule has 16 nitrogen and oxygen atoms in total. The van der Waals surface area contributed by atoms with E-state index in [1.54, 1.807) is 18.3 Å². The number of rotatable bonds is 9. The number of pyridine rings is 2. The zero-order chi connectivity index (χ0) is 37.2. The van der Waals surface area contributed by atoms with E-state index in [1.807, 2.05) is 29.1 Å². The molecule has 0 radical (unpaired) electrons. The lowest BCUT2D eigenvalue weighted by Crippen LogP contribution is -2.49. The summed E-state index contributed by atoms with van der Waals surface area (Å²) in [7, 11) is 0. The van der Waals surface area contributed by atoms with Crippen molar-refractivity contribution in [1.82, 2.24) is 40.0 Å². The summed E-state index contributed by atoms with van der Waals surface area (Å²) in [6.07, 6.45) is 11.4. The standard InChI is InChI=1S/C38H39N11O5/c39-16-24-14-25(18-40-17-24)37(52)43-32-15-26-21-49(45-31(26)19-41-32)27-6-4-23(5-7-27)20-47-10-12-48(13-11-47)22-34(51)42-30-3-1-2-28-35(46-54-36(28)30)29-8-9-33(50)44-38(29)53/h1-3,14-15,17-19,21,23,27,29H,4-13,20,22H2,(H,42,51)(H,43,52)(H,44,50,53). The Hall–Kier alpha value is -6.05. The van der Waals surface area contributed by atoms with Crippen LogP contribution >= 0.6 is 0 Å². The van der Waals surface area contributed by atoms with Gasteiger partial charge in [-0.05, 0) is 62.3 Å². The highest BCUT2D eigenvalue weighted by Gasteiger charge is 2.33. The summed E-state index contributed by atoms with van der Waals surface area (Å²) in [5, 5.41) is 27.7. The Balaban J connectivity index is 0.785. The van der Waals surface area contributed by atoms with E-state index in [0.29, 0.717) is 52.1 Å². The number of nitrogens with zero attached hydrogens (tertiary/aromatic N) is 8. The summed E-state index contributed by atoms with van der Waals surface area (Å²) in [6, 6.07) is 11.0. The second kappa shape index (κ2) is 15.1. The average Bonchev–Trinajstić information content (AvgIpc) is 3.81. The van der Waals surface area contributed by atoms with Gasteiger partial charge in [-0.15, -0.1) is 0 Å². The van der Waals surface area contributed by atoms with Crippen molar-refractivity contribution in [3.05, 3.63) is 71.9 Å². The topological polar surface area (TPSA) is 204 Å². The quantitative estimate of drug-likeness (QED) is 0.186. The zero-order valence-corrected chi connectivity index (χ0v) is 29.5. The maximum atomic E-state index is 13.1. The molecule has 2 saturated heterocycles. The number of carbonyl (C=O) groups excluding carboxylic acids is 4. The zero-order valence-electron chi connectivity index (χ0n) is 29.5. The molecule has 2 aliphatic heterocycles. The third kappa shape index (κ3) is 7.54. The third-order valence-electron chi connectivity index (χ3n) is 10.7. The van der Waals surface area contributed by atoms with Crippen LogP contribution in [0.15, 0.2) is 59.6 Å². The first-order chi connectivity index (χ1) is 26.3. The molecule has 4 aromatic heterocycles. The predicted molar refractivity (Wildman–Crippen MR) is 196 cm³/mol. The van der Waals surface area contributed by atoms with Gasteiger partial charge >= 0.3 is 0 Å². The molecule has 1 saturated carbocycles. The molecule has 16 heteroatoms. The highest BCUT2D eigenvalue weighted by Crippen LogP contribution is 2.35. The van der Waals surface area contributed by atoms with Crippen molar-refractivity contribution in [1.29, 1.82) is 5.26 Å². The number of imide groups is 1. The first-order valence-electron chi connectivity index (χ1n) is 18.3. The van der Waals surface area contributed by atoms with Crippen LogP contribution in [0.25, 0.3) is 21.9 Å². The van der Waals surface area contributed by atoms with Crippen molar-refractivity contribution in [3.63, 3.8) is 0 Å². The van der Waals surface area contributed by atoms with E-state index in [9.17, 15) is 19.2 Å². The molecule has 5 aromatic rings. The first-order valence-corrected chi connectivity index (χ1v) is 18.3. The number of nitriles is 1. The molecule has 54 heavy (non-hydrogen) atoms. The molecule has 0 bridgehead atoms. The number of para-hydroxylation sites is 1. The van der Waals surface area contributed by atoms with Gasteiger partial charge in [0.2, 0.25) is 17.7 Å². The van der Waals surface area contributed by atoms with E-state index >= 15 is 0 Å². The van der Waals surface area contributed by atoms with E-state index in [-0.39, 0.29) is 42.2 Å². The van der Waals surface area contributed by atoms with E-state index in [1.165, 1.54) is 18.5 Å². The van der Waals surface area contributed by atoms with Crippen LogP contribution in [0.1, 0.15) is 72.1 Å². The summed E-state index contributed by atoms with van der Waals surface area (Å²) >= 11 is 0. The largest absolute Gasteiger partial charge is 0.354 e. The van der Waals surface area contributed by atoms with Gasteiger partial charge < -0.3 is 20.1 Å². The molecule has 1 aromatic carbocycles. The molecule has 1 unspecified atom stereocenters. The van der Waals surface area contributed by atoms with Crippen LogP contribution in [-0.2, 0) is 14.4 Å². The molecule has 1 aliphatic carbocycles.